The molecule has 16 heavy (non-hydrogen) atoms. The molecule has 0 unspecified atom stereocenters. The number of carbonyl (C=O) groups excluding carboxylic acids is 1. The molecule has 0 fully saturated rings. The molecule has 0 heterocycles. The van der Waals surface area contributed by atoms with Crippen LogP contribution in [-0.4, -0.2) is 18.6 Å². The lowest BCUT2D eigenvalue weighted by molar-refractivity contribution is -0.139. The normalized spacial score (nSPS) is 11.2. The number of hydrogen-bond donors (Lipinski definition) is 2. The van der Waals surface area contributed by atoms with Crippen LogP contribution in [0.1, 0.15) is 19.4 Å². The van der Waals surface area contributed by atoms with Crippen molar-refractivity contribution in [1.82, 2.24) is 5.32 Å². The van der Waals surface area contributed by atoms with Crippen molar-refractivity contribution < 1.29 is 9.53 Å². The van der Waals surface area contributed by atoms with Gasteiger partial charge in [0.2, 0.25) is 0 Å². The van der Waals surface area contributed by atoms with Gasteiger partial charge in [-0.05, 0) is 31.5 Å². The van der Waals surface area contributed by atoms with Crippen molar-refractivity contribution in [2.75, 3.05) is 12.8 Å². The zero-order valence-electron chi connectivity index (χ0n) is 9.91. The van der Waals surface area contributed by atoms with Crippen LogP contribution in [-0.2, 0) is 16.1 Å². The standard InChI is InChI=1S/C12H18N2O2/c1-12(2,16-3)11(15)14-8-9-5-4-6-10(13)7-9/h4-7H,8,13H2,1-3H3,(H,14,15). The van der Waals surface area contributed by atoms with Crippen LogP contribution in [0.25, 0.3) is 0 Å². The van der Waals surface area contributed by atoms with E-state index in [4.69, 9.17) is 10.5 Å². The third-order valence-electron chi connectivity index (χ3n) is 2.46. The van der Waals surface area contributed by atoms with Crippen molar-refractivity contribution in [3.8, 4) is 0 Å². The third-order valence-corrected chi connectivity index (χ3v) is 2.46. The van der Waals surface area contributed by atoms with E-state index in [1.165, 1.54) is 7.11 Å². The number of ether oxygens (including phenoxy) is 1. The topological polar surface area (TPSA) is 64.3 Å². The average molecular weight is 222 g/mol. The van der Waals surface area contributed by atoms with E-state index in [9.17, 15) is 4.79 Å². The maximum Gasteiger partial charge on any atom is 0.251 e. The van der Waals surface area contributed by atoms with Gasteiger partial charge < -0.3 is 15.8 Å². The first-order valence-electron chi connectivity index (χ1n) is 5.13. The third kappa shape index (κ3) is 3.24. The van der Waals surface area contributed by atoms with Crippen LogP contribution in [0.15, 0.2) is 24.3 Å². The molecule has 4 heteroatoms. The van der Waals surface area contributed by atoms with Crippen LogP contribution >= 0.6 is 0 Å². The van der Waals surface area contributed by atoms with Gasteiger partial charge in [-0.25, -0.2) is 0 Å². The van der Waals surface area contributed by atoms with E-state index in [0.29, 0.717) is 12.2 Å². The zero-order valence-corrected chi connectivity index (χ0v) is 9.91. The Balaban J connectivity index is 2.56. The summed E-state index contributed by atoms with van der Waals surface area (Å²) in [5, 5.41) is 2.80. The van der Waals surface area contributed by atoms with Crippen LogP contribution in [0.3, 0.4) is 0 Å². The van der Waals surface area contributed by atoms with Crippen LogP contribution in [0.5, 0.6) is 0 Å². The number of rotatable bonds is 4. The summed E-state index contributed by atoms with van der Waals surface area (Å²) in [6.07, 6.45) is 0. The zero-order chi connectivity index (χ0) is 12.2. The molecule has 0 atom stereocenters. The van der Waals surface area contributed by atoms with Crippen molar-refractivity contribution >= 4 is 11.6 Å². The summed E-state index contributed by atoms with van der Waals surface area (Å²) in [5.74, 6) is -0.141. The maximum atomic E-state index is 11.7. The van der Waals surface area contributed by atoms with Crippen molar-refractivity contribution in [2.45, 2.75) is 26.0 Å². The van der Waals surface area contributed by atoms with E-state index in [1.807, 2.05) is 24.3 Å². The fraction of sp³-hybridized carbons (Fsp3) is 0.417. The monoisotopic (exact) mass is 222 g/mol. The van der Waals surface area contributed by atoms with Gasteiger partial charge in [0, 0.05) is 19.3 Å². The van der Waals surface area contributed by atoms with Crippen LogP contribution in [0, 0.1) is 0 Å². The van der Waals surface area contributed by atoms with Crippen LogP contribution < -0.4 is 11.1 Å². The predicted octanol–water partition coefficient (Wildman–Crippen LogP) is 1.31. The molecule has 1 amide bonds. The highest BCUT2D eigenvalue weighted by Crippen LogP contribution is 2.09. The first-order chi connectivity index (χ1) is 7.45. The fourth-order valence-corrected chi connectivity index (χ4v) is 1.19. The largest absolute Gasteiger partial charge is 0.399 e. The first-order valence-corrected chi connectivity index (χ1v) is 5.13. The molecule has 1 aromatic carbocycles. The lowest BCUT2D eigenvalue weighted by Crippen LogP contribution is -2.43. The predicted molar refractivity (Wildman–Crippen MR) is 63.8 cm³/mol. The molecule has 0 bridgehead atoms. The molecule has 88 valence electrons. The Bertz CT molecular complexity index is 375. The minimum atomic E-state index is -0.805. The van der Waals surface area contributed by atoms with Crippen LogP contribution in [0.4, 0.5) is 5.69 Å². The average Bonchev–Trinajstić information content (AvgIpc) is 2.26. The van der Waals surface area contributed by atoms with Gasteiger partial charge in [0.1, 0.15) is 5.60 Å². The Kier molecular flexibility index (Phi) is 3.90. The Morgan fingerprint density at radius 2 is 2.19 bits per heavy atom. The number of amides is 1. The number of nitrogens with two attached hydrogens (primary N) is 1. The number of nitrogen functional groups attached to an aromatic ring is 1. The van der Waals surface area contributed by atoms with Crippen molar-refractivity contribution in [2.24, 2.45) is 0 Å². The summed E-state index contributed by atoms with van der Waals surface area (Å²) in [5.41, 5.74) is 6.50. The van der Waals surface area contributed by atoms with Crippen LogP contribution in [0.2, 0.25) is 0 Å². The molecule has 0 aliphatic carbocycles. The number of nitrogens with one attached hydrogen (secondary N) is 1. The first kappa shape index (κ1) is 12.5. The Morgan fingerprint density at radius 3 is 2.75 bits per heavy atom. The Hall–Kier alpha value is -1.55. The van der Waals surface area contributed by atoms with E-state index in [-0.39, 0.29) is 5.91 Å². The van der Waals surface area contributed by atoms with Gasteiger partial charge in [-0.1, -0.05) is 12.1 Å². The van der Waals surface area contributed by atoms with E-state index in [2.05, 4.69) is 5.32 Å². The molecule has 0 spiro atoms. The summed E-state index contributed by atoms with van der Waals surface area (Å²) in [7, 11) is 1.51. The highest BCUT2D eigenvalue weighted by Gasteiger charge is 2.26. The van der Waals surface area contributed by atoms with Gasteiger partial charge >= 0.3 is 0 Å². The number of carbonyl (C=O) groups is 1. The summed E-state index contributed by atoms with van der Waals surface area (Å²) in [6.45, 7) is 3.90. The molecular weight excluding hydrogens is 204 g/mol. The summed E-state index contributed by atoms with van der Waals surface area (Å²) in [6, 6.07) is 7.42. The molecule has 0 saturated carbocycles. The maximum absolute atomic E-state index is 11.7. The number of hydrogen-bond acceptors (Lipinski definition) is 3. The molecular formula is C12H18N2O2. The lowest BCUT2D eigenvalue weighted by Gasteiger charge is -2.21. The quantitative estimate of drug-likeness (QED) is 0.755. The van der Waals surface area contributed by atoms with Crippen molar-refractivity contribution in [3.05, 3.63) is 29.8 Å². The van der Waals surface area contributed by atoms with Crippen molar-refractivity contribution in [3.63, 3.8) is 0 Å². The van der Waals surface area contributed by atoms with Crippen molar-refractivity contribution in [1.29, 1.82) is 0 Å². The van der Waals surface area contributed by atoms with Gasteiger partial charge in [-0.3, -0.25) is 4.79 Å². The molecule has 1 rings (SSSR count). The second kappa shape index (κ2) is 4.99. The smallest absolute Gasteiger partial charge is 0.251 e. The second-order valence-electron chi connectivity index (χ2n) is 4.14. The Morgan fingerprint density at radius 1 is 1.50 bits per heavy atom. The SMILES string of the molecule is COC(C)(C)C(=O)NCc1cccc(N)c1. The molecule has 0 aromatic heterocycles. The highest BCUT2D eigenvalue weighted by atomic mass is 16.5. The molecule has 0 saturated heterocycles. The fourth-order valence-electron chi connectivity index (χ4n) is 1.19. The summed E-state index contributed by atoms with van der Waals surface area (Å²) in [4.78, 5) is 11.7. The van der Waals surface area contributed by atoms with E-state index < -0.39 is 5.60 Å². The number of benzene rings is 1. The molecule has 4 nitrogen and oxygen atoms in total. The number of methoxy groups -OCH3 is 1. The Labute approximate surface area is 95.8 Å². The van der Waals surface area contributed by atoms with Gasteiger partial charge in [-0.2, -0.15) is 0 Å². The minimum Gasteiger partial charge on any atom is -0.399 e. The van der Waals surface area contributed by atoms with Gasteiger partial charge in [-0.15, -0.1) is 0 Å². The molecule has 0 radical (unpaired) electrons. The molecule has 0 aliphatic rings. The highest BCUT2D eigenvalue weighted by molar-refractivity contribution is 5.84. The van der Waals surface area contributed by atoms with E-state index in [1.54, 1.807) is 13.8 Å². The molecule has 3 N–H and O–H groups in total. The number of anilines is 1. The van der Waals surface area contributed by atoms with E-state index >= 15 is 0 Å². The van der Waals surface area contributed by atoms with E-state index in [0.717, 1.165) is 5.56 Å². The van der Waals surface area contributed by atoms with Gasteiger partial charge in [0.25, 0.3) is 5.91 Å². The second-order valence-corrected chi connectivity index (χ2v) is 4.14. The van der Waals surface area contributed by atoms with Gasteiger partial charge in [0.15, 0.2) is 0 Å². The molecule has 1 aromatic rings. The minimum absolute atomic E-state index is 0.141. The lowest BCUT2D eigenvalue weighted by atomic mass is 10.1. The summed E-state index contributed by atoms with van der Waals surface area (Å²) < 4.78 is 5.07. The molecule has 0 aliphatic heterocycles. The van der Waals surface area contributed by atoms with Gasteiger partial charge in [0.05, 0.1) is 0 Å². The summed E-state index contributed by atoms with van der Waals surface area (Å²) >= 11 is 0.